The molecule has 7 rings (SSSR count). The molecule has 2 unspecified atom stereocenters. The van der Waals surface area contributed by atoms with Gasteiger partial charge in [0.2, 0.25) is 29.9 Å². The van der Waals surface area contributed by atoms with Gasteiger partial charge in [-0.2, -0.15) is 0 Å². The third kappa shape index (κ3) is 27.1. The number of aromatic nitrogens is 3. The number of primary amides is 1. The fourth-order valence-corrected chi connectivity index (χ4v) is 15.4. The van der Waals surface area contributed by atoms with Gasteiger partial charge >= 0.3 is 16.5 Å². The number of methoxy groups -OCH3 is 2. The molecule has 12 atom stereocenters. The maximum Gasteiger partial charge on any atom is 0.501 e. The summed E-state index contributed by atoms with van der Waals surface area (Å²) in [6.45, 7) is 15.4. The molecule has 116 heavy (non-hydrogen) atoms. The smallest absolute Gasteiger partial charge is 0.458 e. The lowest BCUT2D eigenvalue weighted by Gasteiger charge is -2.41. The normalized spacial score (nSPS) is 18.2. The SMILES string of the molecule is CCC(C)[C@@H]([C@@H](CC(=O)N1CCC[C@H]1[C@H](OC)[C@@H](C)C(N)=O)OC)N(C)C(=O)[C@@H](NC(=O)[C@H](C(C)C)N(C)C(=O)OCc1ccc(OS(=O)(=O)Oc2cc(C(=O)NCCOCCOCCOCCn3cc(CNC(=O)c4ccc(C(=O)CCS(=O)(=O)c5ccc(C)cc5)cc4)nn3)ccc2OC2O[C@H](CO)[C@H](O)C[C@H]2O)cc1)C(C)C. The minimum absolute atomic E-state index is 0.000333. The van der Waals surface area contributed by atoms with E-state index in [4.69, 9.17) is 52.0 Å². The van der Waals surface area contributed by atoms with Crippen LogP contribution in [-0.4, -0.2) is 264 Å². The molecule has 35 nitrogen and oxygen atoms in total. The van der Waals surface area contributed by atoms with Gasteiger partial charge in [0, 0.05) is 70.9 Å². The van der Waals surface area contributed by atoms with Crippen molar-refractivity contribution in [1.29, 1.82) is 0 Å². The summed E-state index contributed by atoms with van der Waals surface area (Å²) in [6.07, 6.45) is -4.78. The lowest BCUT2D eigenvalue weighted by Crippen LogP contribution is -2.60. The number of nitrogens with one attached hydrogen (secondary N) is 3. The summed E-state index contributed by atoms with van der Waals surface area (Å²) in [7, 11) is -2.79. The minimum atomic E-state index is -5.09. The first-order valence-corrected chi connectivity index (χ1v) is 41.5. The number of aliphatic hydroxyl groups excluding tert-OH is 3. The van der Waals surface area contributed by atoms with Crippen LogP contribution in [0.3, 0.4) is 0 Å². The number of aryl methyl sites for hydroxylation is 1. The molecule has 7 amide bonds. The molecule has 2 aliphatic rings. The average molecular weight is 1670 g/mol. The monoisotopic (exact) mass is 1660 g/mol. The molecule has 37 heteroatoms. The quantitative estimate of drug-likeness (QED) is 0.0213. The van der Waals surface area contributed by atoms with E-state index in [-0.39, 0.29) is 129 Å². The van der Waals surface area contributed by atoms with Crippen molar-refractivity contribution in [2.45, 2.75) is 179 Å². The van der Waals surface area contributed by atoms with Crippen LogP contribution in [0, 0.1) is 30.6 Å². The van der Waals surface area contributed by atoms with Crippen molar-refractivity contribution in [3.63, 3.8) is 0 Å². The number of likely N-dealkylation sites (tertiary alicyclic amines) is 1. The summed E-state index contributed by atoms with van der Waals surface area (Å²) < 4.78 is 111. The lowest BCUT2D eigenvalue weighted by atomic mass is 9.89. The van der Waals surface area contributed by atoms with Crippen molar-refractivity contribution in [3.8, 4) is 17.2 Å². The number of ketones is 1. The van der Waals surface area contributed by atoms with Gasteiger partial charge in [-0.15, -0.1) is 13.5 Å². The van der Waals surface area contributed by atoms with Gasteiger partial charge in [0.1, 0.15) is 42.3 Å². The number of sulfone groups is 1. The van der Waals surface area contributed by atoms with E-state index in [9.17, 15) is 70.5 Å². The van der Waals surface area contributed by atoms with Gasteiger partial charge in [-0.25, -0.2) is 17.9 Å². The molecule has 5 aromatic rings. The molecular formula is C79H112N10O25S2. The zero-order valence-corrected chi connectivity index (χ0v) is 69.3. The fourth-order valence-electron chi connectivity index (χ4n) is 13.4. The molecule has 3 heterocycles. The molecule has 0 bridgehead atoms. The van der Waals surface area contributed by atoms with Crippen molar-refractivity contribution < 1.29 is 117 Å². The Bertz CT molecular complexity index is 4290. The van der Waals surface area contributed by atoms with Crippen LogP contribution in [0.5, 0.6) is 17.2 Å². The second-order valence-electron chi connectivity index (χ2n) is 29.3. The number of nitrogens with zero attached hydrogens (tertiary/aromatic N) is 6. The fraction of sp³-hybridized carbons (Fsp3) is 0.570. The highest BCUT2D eigenvalue weighted by molar-refractivity contribution is 7.91. The van der Waals surface area contributed by atoms with E-state index in [1.807, 2.05) is 20.8 Å². The molecule has 2 saturated heterocycles. The Morgan fingerprint density at radius 3 is 2.00 bits per heavy atom. The Morgan fingerprint density at radius 2 is 1.38 bits per heavy atom. The summed E-state index contributed by atoms with van der Waals surface area (Å²) in [5, 5.41) is 47.3. The summed E-state index contributed by atoms with van der Waals surface area (Å²) >= 11 is 0. The van der Waals surface area contributed by atoms with E-state index in [2.05, 4.69) is 26.3 Å². The molecule has 2 fully saturated rings. The standard InChI is InChI=1S/C79H112N10O25S2/c1-13-51(7)71(66(105-11)43-68(94)89-32-14-15-60(89)72(106-12)52(8)73(80)95)86(9)77(99)69(48(2)3)83-76(98)70(49(4)5)87(10)79(100)110-47-53-18-25-58(26-19-53)113-116(103,104)114-65-41-56(24-29-64(65)111-78-63(93)42-62(92)67(46-90)112-78)75(97)81-31-34-107-36-38-109-39-37-108-35-33-88-45-57(84-85-88)44-82-74(96)55-22-20-54(21-23-55)61(91)30-40-115(101,102)59-27-16-50(6)17-28-59/h16-29,41,45,48-49,51-52,60,62-63,66-67,69-72,78,90,92-93H,13-15,30-40,42-44,46-47H2,1-12H3,(H2,80,95)(H,81,97)(H,82,96)(H,83,98)/t51?,52-,60+,62-,63-,66-,67-,69+,70+,71+,72-,78?/m1/s1. The number of nitrogens with two attached hydrogens (primary N) is 1. The predicted molar refractivity (Wildman–Crippen MR) is 419 cm³/mol. The molecular weight excluding hydrogens is 1550 g/mol. The van der Waals surface area contributed by atoms with Crippen molar-refractivity contribution >= 4 is 67.6 Å². The molecule has 4 aromatic carbocycles. The second-order valence-corrected chi connectivity index (χ2v) is 32.6. The summed E-state index contributed by atoms with van der Waals surface area (Å²) in [4.78, 5) is 113. The Labute approximate surface area is 677 Å². The number of benzene rings is 4. The summed E-state index contributed by atoms with van der Waals surface area (Å²) in [5.74, 6) is -6.70. The number of hydrogen-bond acceptors (Lipinski definition) is 27. The highest BCUT2D eigenvalue weighted by Crippen LogP contribution is 2.35. The zero-order valence-electron chi connectivity index (χ0n) is 67.7. The topological polar surface area (TPSA) is 460 Å². The van der Waals surface area contributed by atoms with Crippen molar-refractivity contribution in [1.82, 2.24) is 45.6 Å². The van der Waals surface area contributed by atoms with E-state index in [0.717, 1.165) is 16.5 Å². The van der Waals surface area contributed by atoms with E-state index in [0.29, 0.717) is 49.2 Å². The number of aliphatic hydroxyl groups is 3. The Morgan fingerprint density at radius 1 is 0.741 bits per heavy atom. The first-order chi connectivity index (χ1) is 55.1. The molecule has 2 aliphatic heterocycles. The first-order valence-electron chi connectivity index (χ1n) is 38.5. The van der Waals surface area contributed by atoms with Crippen molar-refractivity contribution in [2.24, 2.45) is 29.4 Å². The van der Waals surface area contributed by atoms with Gasteiger partial charge in [-0.3, -0.25) is 38.5 Å². The largest absolute Gasteiger partial charge is 0.501 e. The van der Waals surface area contributed by atoms with Crippen LogP contribution in [0.25, 0.3) is 0 Å². The van der Waals surface area contributed by atoms with Crippen molar-refractivity contribution in [3.05, 3.63) is 131 Å². The molecule has 0 radical (unpaired) electrons. The third-order valence-corrected chi connectivity index (χ3v) is 22.7. The van der Waals surface area contributed by atoms with Crippen LogP contribution in [0.4, 0.5) is 4.79 Å². The number of rotatable bonds is 47. The zero-order chi connectivity index (χ0) is 85.1. The number of carbonyl (C=O) groups excluding carboxylic acids is 8. The Balaban J connectivity index is 0.842. The van der Waals surface area contributed by atoms with E-state index in [1.165, 1.54) is 99.0 Å². The van der Waals surface area contributed by atoms with Crippen LogP contribution in [0.2, 0.25) is 0 Å². The van der Waals surface area contributed by atoms with Crippen LogP contribution >= 0.6 is 0 Å². The number of likely N-dealkylation sites (N-methyl/N-ethyl adjacent to an activating group) is 2. The minimum Gasteiger partial charge on any atom is -0.458 e. The first kappa shape index (κ1) is 93.9. The Hall–Kier alpha value is -9.28. The van der Waals surface area contributed by atoms with Crippen LogP contribution in [-0.2, 0) is 92.3 Å². The Kier molecular flexibility index (Phi) is 36.3. The highest BCUT2D eigenvalue weighted by Gasteiger charge is 2.44. The average Bonchev–Trinajstić information content (AvgIpc) is 0.989. The van der Waals surface area contributed by atoms with Crippen LogP contribution in [0.1, 0.15) is 135 Å². The highest BCUT2D eigenvalue weighted by atomic mass is 32.3. The molecule has 0 aliphatic carbocycles. The number of amides is 7. The maximum absolute atomic E-state index is 14.7. The molecule has 640 valence electrons. The molecule has 0 saturated carbocycles. The third-order valence-electron chi connectivity index (χ3n) is 20.2. The van der Waals surface area contributed by atoms with Gasteiger partial charge in [-0.1, -0.05) is 102 Å². The molecule has 1 aromatic heterocycles. The van der Waals surface area contributed by atoms with Gasteiger partial charge in [0.15, 0.2) is 27.1 Å². The number of Topliss-reactive ketones (excluding diaryl/α,β-unsaturated/α-hetero) is 1. The molecule has 0 spiro atoms. The number of hydrogen-bond donors (Lipinski definition) is 7. The van der Waals surface area contributed by atoms with Gasteiger partial charge in [-0.05, 0) is 97.7 Å². The van der Waals surface area contributed by atoms with Gasteiger partial charge in [0.25, 0.3) is 11.8 Å². The number of ether oxygens (including phenoxy) is 8. The molecule has 8 N–H and O–H groups in total. The predicted octanol–water partition coefficient (Wildman–Crippen LogP) is 4.09. The lowest BCUT2D eigenvalue weighted by molar-refractivity contribution is -0.240. The number of carbonyl (C=O) groups is 8. The summed E-state index contributed by atoms with van der Waals surface area (Å²) in [5.41, 5.74) is 7.87. The maximum atomic E-state index is 14.7. The van der Waals surface area contributed by atoms with E-state index < -0.39 is 147 Å². The van der Waals surface area contributed by atoms with Crippen molar-refractivity contribution in [2.75, 3.05) is 93.4 Å². The van der Waals surface area contributed by atoms with Crippen LogP contribution in [0.15, 0.2) is 102 Å². The summed E-state index contributed by atoms with van der Waals surface area (Å²) in [6, 6.07) is 17.8. The van der Waals surface area contributed by atoms with E-state index >= 15 is 0 Å². The van der Waals surface area contributed by atoms with Gasteiger partial charge in [0.05, 0.1) is 119 Å². The van der Waals surface area contributed by atoms with E-state index in [1.54, 1.807) is 69.6 Å². The van der Waals surface area contributed by atoms with Gasteiger partial charge < -0.3 is 93.1 Å². The second kappa shape index (κ2) is 44.9. The van der Waals surface area contributed by atoms with Crippen LogP contribution < -0.4 is 34.8 Å².